The number of benzene rings is 2. The summed E-state index contributed by atoms with van der Waals surface area (Å²) in [5.74, 6) is 0.350. The molecule has 0 saturated carbocycles. The van der Waals surface area contributed by atoms with Gasteiger partial charge in [0.1, 0.15) is 5.75 Å². The van der Waals surface area contributed by atoms with Crippen molar-refractivity contribution < 1.29 is 13.5 Å². The molecule has 0 amide bonds. The zero-order valence-corrected chi connectivity index (χ0v) is 10.3. The fraction of sp³-hybridized carbons (Fsp3) is 0. The zero-order valence-electron chi connectivity index (χ0n) is 7.97. The maximum atomic E-state index is 9.37. The molecule has 2 aromatic rings. The van der Waals surface area contributed by atoms with Gasteiger partial charge in [-0.25, -0.2) is 0 Å². The van der Waals surface area contributed by atoms with Crippen molar-refractivity contribution in [3.8, 4) is 5.75 Å². The summed E-state index contributed by atoms with van der Waals surface area (Å²) >= 11 is 0. The van der Waals surface area contributed by atoms with Gasteiger partial charge in [0.25, 0.3) is 0 Å². The van der Waals surface area contributed by atoms with Gasteiger partial charge in [-0.3, -0.25) is 0 Å². The first-order chi connectivity index (χ1) is 7.38. The predicted octanol–water partition coefficient (Wildman–Crippen LogP) is 3.25. The smallest absolute Gasteiger partial charge is 0.317 e. The summed E-state index contributed by atoms with van der Waals surface area (Å²) in [5.41, 5.74) is 0. The third-order valence-corrected chi connectivity index (χ3v) is 1.77. The zero-order chi connectivity index (χ0) is 12.2. The number of phenols is 1. The normalized spacial score (nSPS) is 10.6. The second kappa shape index (κ2) is 5.39. The molecule has 0 atom stereocenters. The number of phenolic OH excluding ortho intramolecular Hbond substituents is 1. The molecule has 0 fully saturated rings. The van der Waals surface area contributed by atoms with Gasteiger partial charge < -0.3 is 5.11 Å². The van der Waals surface area contributed by atoms with Crippen LogP contribution in [-0.4, -0.2) is 13.5 Å². The molecule has 16 heavy (non-hydrogen) atoms. The molecule has 6 heteroatoms. The Kier molecular flexibility index (Phi) is 4.41. The lowest BCUT2D eigenvalue weighted by molar-refractivity contribution is 0.481. The number of halogens is 2. The lowest BCUT2D eigenvalue weighted by Crippen LogP contribution is -1.70. The van der Waals surface area contributed by atoms with Gasteiger partial charge in [0.15, 0.2) is 0 Å². The molecule has 0 aliphatic carbocycles. The number of hydrogen-bond donors (Lipinski definition) is 1. The third kappa shape index (κ3) is 4.70. The quantitative estimate of drug-likeness (QED) is 0.753. The number of fused-ring (bicyclic) bond motifs is 1. The van der Waals surface area contributed by atoms with Crippen LogP contribution in [0.25, 0.3) is 10.8 Å². The van der Waals surface area contributed by atoms with E-state index in [0.29, 0.717) is 5.75 Å². The van der Waals surface area contributed by atoms with Crippen LogP contribution in [0.2, 0.25) is 0 Å². The molecule has 0 unspecified atom stereocenters. The molecule has 0 bridgehead atoms. The highest BCUT2D eigenvalue weighted by atomic mass is 36.0. The Morgan fingerprint density at radius 2 is 1.44 bits per heavy atom. The van der Waals surface area contributed by atoms with Crippen molar-refractivity contribution in [1.82, 2.24) is 0 Å². The molecule has 1 N–H and O–H groups in total. The summed E-state index contributed by atoms with van der Waals surface area (Å²) in [7, 11) is 4.81. The van der Waals surface area contributed by atoms with E-state index in [1.54, 1.807) is 6.07 Å². The molecule has 0 aliphatic rings. The fourth-order valence-electron chi connectivity index (χ4n) is 1.21. The first-order valence-electron chi connectivity index (χ1n) is 4.19. The van der Waals surface area contributed by atoms with Crippen molar-refractivity contribution >= 4 is 40.4 Å². The van der Waals surface area contributed by atoms with Crippen molar-refractivity contribution in [3.63, 3.8) is 0 Å². The summed E-state index contributed by atoms with van der Waals surface area (Å²) in [5, 5.41) is 11.4. The third-order valence-electron chi connectivity index (χ3n) is 1.77. The summed E-state index contributed by atoms with van der Waals surface area (Å²) in [6, 6.07) is 13.3. The molecule has 0 aromatic heterocycles. The van der Waals surface area contributed by atoms with E-state index in [-0.39, 0.29) is 0 Å². The first kappa shape index (κ1) is 13.1. The van der Waals surface area contributed by atoms with Gasteiger partial charge >= 0.3 is 8.26 Å². The van der Waals surface area contributed by atoms with Crippen LogP contribution in [0.3, 0.4) is 0 Å². The average molecular weight is 279 g/mol. The summed E-state index contributed by atoms with van der Waals surface area (Å²) in [4.78, 5) is 0. The molecular formula is C10H8Cl2O3S. The Labute approximate surface area is 102 Å². The van der Waals surface area contributed by atoms with E-state index >= 15 is 0 Å². The Morgan fingerprint density at radius 1 is 0.938 bits per heavy atom. The second-order valence-corrected chi connectivity index (χ2v) is 6.54. The van der Waals surface area contributed by atoms with Crippen LogP contribution in [0.4, 0.5) is 0 Å². The molecule has 0 radical (unpaired) electrons. The largest absolute Gasteiger partial charge is 0.507 e. The van der Waals surface area contributed by atoms with Crippen LogP contribution >= 0.6 is 21.4 Å². The van der Waals surface area contributed by atoms with E-state index < -0.39 is 8.26 Å². The molecule has 0 spiro atoms. The molecule has 0 heterocycles. The molecule has 86 valence electrons. The molecule has 2 aromatic carbocycles. The number of rotatable bonds is 0. The number of hydrogen-bond acceptors (Lipinski definition) is 3. The van der Waals surface area contributed by atoms with Crippen LogP contribution in [0.1, 0.15) is 0 Å². The van der Waals surface area contributed by atoms with E-state index in [9.17, 15) is 5.11 Å². The second-order valence-electron chi connectivity index (χ2n) is 2.88. The molecule has 0 saturated heterocycles. The summed E-state index contributed by atoms with van der Waals surface area (Å²) in [6.07, 6.45) is 0. The maximum Gasteiger partial charge on any atom is 0.317 e. The lowest BCUT2D eigenvalue weighted by Gasteiger charge is -1.97. The number of aromatic hydroxyl groups is 1. The maximum absolute atomic E-state index is 9.37. The van der Waals surface area contributed by atoms with Gasteiger partial charge in [-0.1, -0.05) is 36.4 Å². The van der Waals surface area contributed by atoms with Crippen LogP contribution < -0.4 is 0 Å². The summed E-state index contributed by atoms with van der Waals surface area (Å²) in [6.45, 7) is 0. The summed E-state index contributed by atoms with van der Waals surface area (Å²) < 4.78 is 18.3. The van der Waals surface area contributed by atoms with E-state index in [4.69, 9.17) is 8.42 Å². The van der Waals surface area contributed by atoms with E-state index in [1.165, 1.54) is 0 Å². The molecular weight excluding hydrogens is 271 g/mol. The highest BCUT2D eigenvalue weighted by Crippen LogP contribution is 2.22. The molecule has 3 nitrogen and oxygen atoms in total. The predicted molar refractivity (Wildman–Crippen MR) is 66.2 cm³/mol. The Bertz CT molecular complexity index is 568. The Hall–Kier alpha value is -0.970. The Morgan fingerprint density at radius 3 is 2.00 bits per heavy atom. The van der Waals surface area contributed by atoms with Gasteiger partial charge in [0.2, 0.25) is 0 Å². The van der Waals surface area contributed by atoms with E-state index in [2.05, 4.69) is 21.4 Å². The lowest BCUT2D eigenvalue weighted by atomic mass is 10.1. The highest BCUT2D eigenvalue weighted by Gasteiger charge is 1.94. The minimum absolute atomic E-state index is 0.350. The van der Waals surface area contributed by atoms with E-state index in [0.717, 1.165) is 10.8 Å². The molecule has 0 aliphatic heterocycles. The van der Waals surface area contributed by atoms with Gasteiger partial charge in [-0.15, -0.1) is 0 Å². The van der Waals surface area contributed by atoms with Crippen molar-refractivity contribution in [2.24, 2.45) is 0 Å². The van der Waals surface area contributed by atoms with Crippen LogP contribution in [0.5, 0.6) is 5.75 Å². The molecule has 2 rings (SSSR count). The topological polar surface area (TPSA) is 54.4 Å². The average Bonchev–Trinajstić information content (AvgIpc) is 2.16. The van der Waals surface area contributed by atoms with E-state index in [1.807, 2.05) is 36.4 Å². The van der Waals surface area contributed by atoms with Crippen molar-refractivity contribution in [2.45, 2.75) is 0 Å². The fourth-order valence-corrected chi connectivity index (χ4v) is 1.21. The van der Waals surface area contributed by atoms with Crippen molar-refractivity contribution in [3.05, 3.63) is 42.5 Å². The van der Waals surface area contributed by atoms with Crippen molar-refractivity contribution in [1.29, 1.82) is 0 Å². The Balaban J connectivity index is 0.000000221. The minimum atomic E-state index is -3.72. The van der Waals surface area contributed by atoms with Gasteiger partial charge in [-0.2, -0.15) is 8.42 Å². The monoisotopic (exact) mass is 278 g/mol. The van der Waals surface area contributed by atoms with Crippen LogP contribution in [0.15, 0.2) is 42.5 Å². The standard InChI is InChI=1S/C10H8O.Cl2O2S/c11-10-7-3-5-8-4-1-2-6-9(8)10;1-5(2,3)4/h1-7,11H;. The first-order valence-corrected chi connectivity index (χ1v) is 7.32. The van der Waals surface area contributed by atoms with Crippen LogP contribution in [0, 0.1) is 0 Å². The van der Waals surface area contributed by atoms with Crippen LogP contribution in [-0.2, 0) is 8.26 Å². The highest BCUT2D eigenvalue weighted by molar-refractivity contribution is 8.31. The van der Waals surface area contributed by atoms with Gasteiger partial charge in [0, 0.05) is 26.8 Å². The van der Waals surface area contributed by atoms with Gasteiger partial charge in [0.05, 0.1) is 0 Å². The van der Waals surface area contributed by atoms with Gasteiger partial charge in [-0.05, 0) is 11.5 Å². The minimum Gasteiger partial charge on any atom is -0.507 e. The SMILES string of the molecule is O=S(=O)(Cl)Cl.Oc1cccc2ccccc12. The van der Waals surface area contributed by atoms with Crippen molar-refractivity contribution in [2.75, 3.05) is 0 Å².